The van der Waals surface area contributed by atoms with Crippen molar-refractivity contribution in [1.29, 1.82) is 0 Å². The number of hydrogen-bond donors (Lipinski definition) is 1. The molecule has 4 nitrogen and oxygen atoms in total. The molecule has 0 aliphatic carbocycles. The van der Waals surface area contributed by atoms with Gasteiger partial charge in [0.05, 0.1) is 4.90 Å². The van der Waals surface area contributed by atoms with E-state index in [9.17, 15) is 8.42 Å². The molecule has 0 bridgehead atoms. The summed E-state index contributed by atoms with van der Waals surface area (Å²) in [6.45, 7) is 7.77. The summed E-state index contributed by atoms with van der Waals surface area (Å²) in [6, 6.07) is 6.62. The minimum atomic E-state index is -3.46. The van der Waals surface area contributed by atoms with E-state index in [1.807, 2.05) is 33.8 Å². The number of hydrogen-bond acceptors (Lipinski definition) is 3. The largest absolute Gasteiger partial charge is 0.324 e. The van der Waals surface area contributed by atoms with Crippen LogP contribution in [0.4, 0.5) is 0 Å². The minimum absolute atomic E-state index is 0.0519. The van der Waals surface area contributed by atoms with Crippen molar-refractivity contribution >= 4 is 10.0 Å². The summed E-state index contributed by atoms with van der Waals surface area (Å²) in [7, 11) is -1.84. The maximum atomic E-state index is 12.5. The van der Waals surface area contributed by atoms with Gasteiger partial charge in [0.15, 0.2) is 0 Å². The first-order valence-corrected chi connectivity index (χ1v) is 7.95. The molecule has 2 N–H and O–H groups in total. The third-order valence-electron chi connectivity index (χ3n) is 3.60. The Morgan fingerprint density at radius 3 is 2.21 bits per heavy atom. The van der Waals surface area contributed by atoms with E-state index in [2.05, 4.69) is 0 Å². The van der Waals surface area contributed by atoms with Crippen molar-refractivity contribution in [2.45, 2.75) is 44.7 Å². The molecule has 0 aliphatic rings. The molecule has 0 spiro atoms. The second-order valence-electron chi connectivity index (χ2n) is 5.37. The van der Waals surface area contributed by atoms with Crippen molar-refractivity contribution in [3.8, 4) is 0 Å². The second kappa shape index (κ2) is 6.03. The zero-order valence-corrected chi connectivity index (χ0v) is 13.1. The summed E-state index contributed by atoms with van der Waals surface area (Å²) in [6.07, 6.45) is 0. The zero-order valence-electron chi connectivity index (χ0n) is 12.3. The lowest BCUT2D eigenvalue weighted by Crippen LogP contribution is -2.38. The van der Waals surface area contributed by atoms with Crippen LogP contribution in [0.1, 0.15) is 39.3 Å². The van der Waals surface area contributed by atoms with Crippen LogP contribution in [0.5, 0.6) is 0 Å². The van der Waals surface area contributed by atoms with Crippen LogP contribution >= 0.6 is 0 Å². The molecule has 0 saturated carbocycles. The fraction of sp³-hybridized carbons (Fsp3) is 0.571. The molecular formula is C14H24N2O2S. The highest BCUT2D eigenvalue weighted by atomic mass is 32.2. The molecule has 5 heteroatoms. The van der Waals surface area contributed by atoms with Gasteiger partial charge in [-0.3, -0.25) is 0 Å². The van der Waals surface area contributed by atoms with E-state index in [4.69, 9.17) is 5.73 Å². The molecule has 0 amide bonds. The molecule has 0 fully saturated rings. The highest BCUT2D eigenvalue weighted by molar-refractivity contribution is 7.89. The molecule has 0 aromatic heterocycles. The highest BCUT2D eigenvalue weighted by Crippen LogP contribution is 2.22. The van der Waals surface area contributed by atoms with Gasteiger partial charge in [0.1, 0.15) is 0 Å². The van der Waals surface area contributed by atoms with E-state index in [1.165, 1.54) is 4.31 Å². The SMILES string of the molecule is CC(N)c1cccc(S(=O)(=O)N(C)C(C)C(C)C)c1. The fourth-order valence-electron chi connectivity index (χ4n) is 1.76. The third kappa shape index (κ3) is 3.55. The number of nitrogens with two attached hydrogens (primary N) is 1. The van der Waals surface area contributed by atoms with Crippen LogP contribution in [-0.4, -0.2) is 25.8 Å². The van der Waals surface area contributed by atoms with Gasteiger partial charge in [-0.05, 0) is 37.5 Å². The zero-order chi connectivity index (χ0) is 14.8. The molecular weight excluding hydrogens is 260 g/mol. The smallest absolute Gasteiger partial charge is 0.243 e. The van der Waals surface area contributed by atoms with Crippen molar-refractivity contribution in [3.63, 3.8) is 0 Å². The predicted molar refractivity (Wildman–Crippen MR) is 78.3 cm³/mol. The van der Waals surface area contributed by atoms with E-state index in [0.29, 0.717) is 4.90 Å². The van der Waals surface area contributed by atoms with E-state index in [-0.39, 0.29) is 18.0 Å². The first-order valence-electron chi connectivity index (χ1n) is 6.51. The quantitative estimate of drug-likeness (QED) is 0.903. The predicted octanol–water partition coefficient (Wildman–Crippen LogP) is 2.37. The molecule has 108 valence electrons. The Labute approximate surface area is 116 Å². The first kappa shape index (κ1) is 16.1. The summed E-state index contributed by atoms with van der Waals surface area (Å²) in [5.74, 6) is 0.261. The second-order valence-corrected chi connectivity index (χ2v) is 7.36. The number of sulfonamides is 1. The lowest BCUT2D eigenvalue weighted by molar-refractivity contribution is 0.316. The van der Waals surface area contributed by atoms with Crippen LogP contribution in [0.25, 0.3) is 0 Å². The summed E-state index contributed by atoms with van der Waals surface area (Å²) in [4.78, 5) is 0.303. The summed E-state index contributed by atoms with van der Waals surface area (Å²) in [5.41, 5.74) is 6.63. The van der Waals surface area contributed by atoms with Crippen LogP contribution < -0.4 is 5.73 Å². The standard InChI is InChI=1S/C14H24N2O2S/c1-10(2)12(4)16(5)19(17,18)14-8-6-7-13(9-14)11(3)15/h6-12H,15H2,1-5H3. The van der Waals surface area contributed by atoms with Crippen LogP contribution in [0, 0.1) is 5.92 Å². The van der Waals surface area contributed by atoms with Gasteiger partial charge in [-0.25, -0.2) is 8.42 Å². The fourth-order valence-corrected chi connectivity index (χ4v) is 3.31. The van der Waals surface area contributed by atoms with Gasteiger partial charge < -0.3 is 5.73 Å². The Balaban J connectivity index is 3.17. The lowest BCUT2D eigenvalue weighted by atomic mass is 10.1. The van der Waals surface area contributed by atoms with Crippen molar-refractivity contribution < 1.29 is 8.42 Å². The molecule has 0 saturated heterocycles. The summed E-state index contributed by atoms with van der Waals surface area (Å²) in [5, 5.41) is 0. The molecule has 2 atom stereocenters. The van der Waals surface area contributed by atoms with Crippen molar-refractivity contribution in [2.75, 3.05) is 7.05 Å². The molecule has 1 aromatic carbocycles. The molecule has 0 heterocycles. The van der Waals surface area contributed by atoms with Crippen LogP contribution in [0.3, 0.4) is 0 Å². The van der Waals surface area contributed by atoms with E-state index < -0.39 is 10.0 Å². The first-order chi connectivity index (χ1) is 8.67. The Bertz CT molecular complexity index is 524. The highest BCUT2D eigenvalue weighted by Gasteiger charge is 2.27. The molecule has 0 radical (unpaired) electrons. The molecule has 2 unspecified atom stereocenters. The lowest BCUT2D eigenvalue weighted by Gasteiger charge is -2.27. The Morgan fingerprint density at radius 1 is 1.16 bits per heavy atom. The average Bonchev–Trinajstić information content (AvgIpc) is 2.36. The van der Waals surface area contributed by atoms with Gasteiger partial charge in [-0.2, -0.15) is 4.31 Å². The molecule has 1 rings (SSSR count). The van der Waals surface area contributed by atoms with Crippen LogP contribution in [0.2, 0.25) is 0 Å². The minimum Gasteiger partial charge on any atom is -0.324 e. The Morgan fingerprint density at radius 2 is 1.74 bits per heavy atom. The van der Waals surface area contributed by atoms with Crippen LogP contribution in [0.15, 0.2) is 29.2 Å². The van der Waals surface area contributed by atoms with E-state index in [0.717, 1.165) is 5.56 Å². The van der Waals surface area contributed by atoms with E-state index >= 15 is 0 Å². The molecule has 19 heavy (non-hydrogen) atoms. The normalized spacial score (nSPS) is 15.8. The van der Waals surface area contributed by atoms with E-state index in [1.54, 1.807) is 25.2 Å². The van der Waals surface area contributed by atoms with Gasteiger partial charge in [-0.1, -0.05) is 26.0 Å². The number of rotatable bonds is 5. The number of nitrogens with zero attached hydrogens (tertiary/aromatic N) is 1. The van der Waals surface area contributed by atoms with Gasteiger partial charge in [0, 0.05) is 19.1 Å². The van der Waals surface area contributed by atoms with Crippen LogP contribution in [-0.2, 0) is 10.0 Å². The number of benzene rings is 1. The summed E-state index contributed by atoms with van der Waals surface area (Å²) >= 11 is 0. The van der Waals surface area contributed by atoms with Gasteiger partial charge in [0.25, 0.3) is 0 Å². The summed E-state index contributed by atoms with van der Waals surface area (Å²) < 4.78 is 26.5. The van der Waals surface area contributed by atoms with Gasteiger partial charge in [0.2, 0.25) is 10.0 Å². The maximum Gasteiger partial charge on any atom is 0.243 e. The Hall–Kier alpha value is -0.910. The van der Waals surface area contributed by atoms with Crippen molar-refractivity contribution in [1.82, 2.24) is 4.31 Å². The maximum absolute atomic E-state index is 12.5. The topological polar surface area (TPSA) is 63.4 Å². The van der Waals surface area contributed by atoms with Crippen molar-refractivity contribution in [3.05, 3.63) is 29.8 Å². The molecule has 1 aromatic rings. The van der Waals surface area contributed by atoms with Gasteiger partial charge in [-0.15, -0.1) is 0 Å². The third-order valence-corrected chi connectivity index (χ3v) is 5.54. The van der Waals surface area contributed by atoms with Gasteiger partial charge >= 0.3 is 0 Å². The van der Waals surface area contributed by atoms with Crippen molar-refractivity contribution in [2.24, 2.45) is 11.7 Å². The monoisotopic (exact) mass is 284 g/mol. The average molecular weight is 284 g/mol. The Kier molecular flexibility index (Phi) is 5.12. The molecule has 0 aliphatic heterocycles.